The summed E-state index contributed by atoms with van der Waals surface area (Å²) in [6.07, 6.45) is 14.9. The number of ether oxygens (including phenoxy) is 1. The van der Waals surface area contributed by atoms with E-state index in [1.165, 1.54) is 43.4 Å². The number of aromatic nitrogens is 2. The maximum Gasteiger partial charge on any atom is 0.0946 e. The SMILES string of the molecule is CCCCCCCCCOCC(Cn1ccnc1)Sc1ccc(Cl)cc1. The van der Waals surface area contributed by atoms with Crippen molar-refractivity contribution in [2.45, 2.75) is 68.6 Å². The lowest BCUT2D eigenvalue weighted by molar-refractivity contribution is 0.128. The van der Waals surface area contributed by atoms with Gasteiger partial charge in [-0.25, -0.2) is 4.98 Å². The molecule has 0 bridgehead atoms. The number of halogens is 1. The summed E-state index contributed by atoms with van der Waals surface area (Å²) in [6.45, 7) is 4.76. The Morgan fingerprint density at radius 3 is 2.50 bits per heavy atom. The number of benzene rings is 1. The van der Waals surface area contributed by atoms with Crippen LogP contribution in [0.4, 0.5) is 0 Å². The van der Waals surface area contributed by atoms with Gasteiger partial charge in [0.05, 0.1) is 18.2 Å². The second-order valence-corrected chi connectivity index (χ2v) is 8.46. The molecule has 1 aromatic carbocycles. The van der Waals surface area contributed by atoms with Crippen molar-refractivity contribution >= 4 is 23.4 Å². The van der Waals surface area contributed by atoms with Gasteiger partial charge in [0.1, 0.15) is 0 Å². The van der Waals surface area contributed by atoms with Crippen LogP contribution in [0.25, 0.3) is 0 Å². The Hall–Kier alpha value is -0.970. The zero-order valence-electron chi connectivity index (χ0n) is 15.8. The Morgan fingerprint density at radius 2 is 1.81 bits per heavy atom. The van der Waals surface area contributed by atoms with Crippen molar-refractivity contribution in [1.82, 2.24) is 9.55 Å². The fourth-order valence-corrected chi connectivity index (χ4v) is 4.05. The Bertz CT molecular complexity index is 574. The summed E-state index contributed by atoms with van der Waals surface area (Å²) in [5.74, 6) is 0. The lowest BCUT2D eigenvalue weighted by atomic mass is 10.1. The third-order valence-electron chi connectivity index (χ3n) is 4.29. The molecule has 1 aromatic heterocycles. The summed E-state index contributed by atoms with van der Waals surface area (Å²) < 4.78 is 8.10. The maximum atomic E-state index is 5.99. The molecule has 0 N–H and O–H groups in total. The van der Waals surface area contributed by atoms with E-state index in [0.717, 1.165) is 31.2 Å². The number of hydrogen-bond acceptors (Lipinski definition) is 3. The summed E-state index contributed by atoms with van der Waals surface area (Å²) in [6, 6.07) is 8.03. The van der Waals surface area contributed by atoms with Crippen LogP contribution >= 0.6 is 23.4 Å². The molecule has 0 saturated carbocycles. The molecule has 0 amide bonds. The van der Waals surface area contributed by atoms with E-state index in [4.69, 9.17) is 16.3 Å². The normalized spacial score (nSPS) is 12.4. The second-order valence-electron chi connectivity index (χ2n) is 6.65. The second kappa shape index (κ2) is 13.2. The van der Waals surface area contributed by atoms with E-state index in [-0.39, 0.29) is 0 Å². The Kier molecular flexibility index (Phi) is 10.9. The monoisotopic (exact) mass is 394 g/mol. The van der Waals surface area contributed by atoms with Crippen LogP contribution in [0.3, 0.4) is 0 Å². The van der Waals surface area contributed by atoms with E-state index in [0.29, 0.717) is 5.25 Å². The predicted molar refractivity (Wildman–Crippen MR) is 112 cm³/mol. The quantitative estimate of drug-likeness (QED) is 0.271. The molecule has 0 saturated heterocycles. The molecule has 2 aromatic rings. The molecule has 144 valence electrons. The van der Waals surface area contributed by atoms with Crippen LogP contribution in [-0.4, -0.2) is 28.0 Å². The van der Waals surface area contributed by atoms with Gasteiger partial charge in [0, 0.05) is 35.5 Å². The number of unbranched alkanes of at least 4 members (excludes halogenated alkanes) is 6. The molecule has 0 aliphatic carbocycles. The summed E-state index contributed by atoms with van der Waals surface area (Å²) in [7, 11) is 0. The zero-order chi connectivity index (χ0) is 18.5. The first-order valence-electron chi connectivity index (χ1n) is 9.73. The van der Waals surface area contributed by atoms with Crippen molar-refractivity contribution in [1.29, 1.82) is 0 Å². The minimum atomic E-state index is 0.356. The number of hydrogen-bond donors (Lipinski definition) is 0. The van der Waals surface area contributed by atoms with E-state index in [2.05, 4.69) is 28.6 Å². The minimum absolute atomic E-state index is 0.356. The summed E-state index contributed by atoms with van der Waals surface area (Å²) in [5.41, 5.74) is 0. The number of imidazole rings is 1. The first-order chi connectivity index (χ1) is 12.8. The highest BCUT2D eigenvalue weighted by Gasteiger charge is 2.12. The van der Waals surface area contributed by atoms with Crippen LogP contribution in [0.2, 0.25) is 5.02 Å². The molecule has 1 atom stereocenters. The molecule has 1 unspecified atom stereocenters. The molecular formula is C21H31ClN2OS. The van der Waals surface area contributed by atoms with Gasteiger partial charge < -0.3 is 9.30 Å². The van der Waals surface area contributed by atoms with Crippen LogP contribution in [0.1, 0.15) is 51.9 Å². The van der Waals surface area contributed by atoms with E-state index in [1.807, 2.05) is 42.6 Å². The highest BCUT2D eigenvalue weighted by Crippen LogP contribution is 2.26. The van der Waals surface area contributed by atoms with Gasteiger partial charge in [-0.05, 0) is 30.7 Å². The van der Waals surface area contributed by atoms with Crippen LogP contribution < -0.4 is 0 Å². The van der Waals surface area contributed by atoms with E-state index >= 15 is 0 Å². The lowest BCUT2D eigenvalue weighted by Gasteiger charge is -2.17. The Balaban J connectivity index is 1.69. The van der Waals surface area contributed by atoms with Gasteiger partial charge in [-0.2, -0.15) is 0 Å². The van der Waals surface area contributed by atoms with Crippen LogP contribution in [0, 0.1) is 0 Å². The third-order valence-corrected chi connectivity index (χ3v) is 5.70. The average molecular weight is 395 g/mol. The molecule has 1 heterocycles. The molecule has 0 fully saturated rings. The molecule has 2 rings (SSSR count). The summed E-state index contributed by atoms with van der Waals surface area (Å²) in [5, 5.41) is 1.13. The smallest absolute Gasteiger partial charge is 0.0946 e. The Labute approximate surface area is 167 Å². The van der Waals surface area contributed by atoms with Crippen molar-refractivity contribution in [2.24, 2.45) is 0 Å². The predicted octanol–water partition coefficient (Wildman–Crippen LogP) is 6.46. The maximum absolute atomic E-state index is 5.99. The highest BCUT2D eigenvalue weighted by atomic mass is 35.5. The molecule has 0 aliphatic rings. The fourth-order valence-electron chi connectivity index (χ4n) is 2.84. The first-order valence-corrected chi connectivity index (χ1v) is 11.0. The highest BCUT2D eigenvalue weighted by molar-refractivity contribution is 8.00. The van der Waals surface area contributed by atoms with Crippen LogP contribution in [0.15, 0.2) is 47.9 Å². The largest absolute Gasteiger partial charge is 0.380 e. The summed E-state index contributed by atoms with van der Waals surface area (Å²) >= 11 is 7.83. The lowest BCUT2D eigenvalue weighted by Crippen LogP contribution is -2.19. The van der Waals surface area contributed by atoms with E-state index in [1.54, 1.807) is 0 Å². The fraction of sp³-hybridized carbons (Fsp3) is 0.571. The van der Waals surface area contributed by atoms with Crippen molar-refractivity contribution in [3.63, 3.8) is 0 Å². The Morgan fingerprint density at radius 1 is 1.08 bits per heavy atom. The van der Waals surface area contributed by atoms with Gasteiger partial charge in [0.2, 0.25) is 0 Å². The van der Waals surface area contributed by atoms with Gasteiger partial charge in [-0.1, -0.05) is 57.0 Å². The van der Waals surface area contributed by atoms with Crippen molar-refractivity contribution in [2.75, 3.05) is 13.2 Å². The molecule has 0 radical (unpaired) electrons. The molecule has 26 heavy (non-hydrogen) atoms. The minimum Gasteiger partial charge on any atom is -0.380 e. The third kappa shape index (κ3) is 9.11. The zero-order valence-corrected chi connectivity index (χ0v) is 17.4. The average Bonchev–Trinajstić information content (AvgIpc) is 3.15. The van der Waals surface area contributed by atoms with Crippen molar-refractivity contribution < 1.29 is 4.74 Å². The van der Waals surface area contributed by atoms with Gasteiger partial charge in [0.25, 0.3) is 0 Å². The molecule has 0 aliphatic heterocycles. The molecule has 3 nitrogen and oxygen atoms in total. The standard InChI is InChI=1S/C21H31ClN2OS/c1-2-3-4-5-6-7-8-15-25-17-21(16-24-14-13-23-18-24)26-20-11-9-19(22)10-12-20/h9-14,18,21H,2-8,15-17H2,1H3. The van der Waals surface area contributed by atoms with Gasteiger partial charge >= 0.3 is 0 Å². The van der Waals surface area contributed by atoms with Gasteiger partial charge in [-0.3, -0.25) is 0 Å². The van der Waals surface area contributed by atoms with Crippen LogP contribution in [-0.2, 0) is 11.3 Å². The van der Waals surface area contributed by atoms with Crippen molar-refractivity contribution in [3.8, 4) is 0 Å². The topological polar surface area (TPSA) is 27.1 Å². The molecule has 5 heteroatoms. The molecular weight excluding hydrogens is 364 g/mol. The van der Waals surface area contributed by atoms with Crippen molar-refractivity contribution in [3.05, 3.63) is 48.0 Å². The van der Waals surface area contributed by atoms with Gasteiger partial charge in [0.15, 0.2) is 0 Å². The first kappa shape index (κ1) is 21.3. The number of nitrogens with zero attached hydrogens (tertiary/aromatic N) is 2. The van der Waals surface area contributed by atoms with Gasteiger partial charge in [-0.15, -0.1) is 11.8 Å². The van der Waals surface area contributed by atoms with Crippen LogP contribution in [0.5, 0.6) is 0 Å². The van der Waals surface area contributed by atoms with E-state index < -0.39 is 0 Å². The molecule has 0 spiro atoms. The number of thioether (sulfide) groups is 1. The number of rotatable bonds is 14. The van der Waals surface area contributed by atoms with E-state index in [9.17, 15) is 0 Å². The summed E-state index contributed by atoms with van der Waals surface area (Å²) in [4.78, 5) is 5.36.